The summed E-state index contributed by atoms with van der Waals surface area (Å²) in [6.07, 6.45) is 4.63. The van der Waals surface area contributed by atoms with Gasteiger partial charge in [0, 0.05) is 19.3 Å². The van der Waals surface area contributed by atoms with Crippen LogP contribution in [0.3, 0.4) is 0 Å². The first-order valence-corrected chi connectivity index (χ1v) is 7.67. The second kappa shape index (κ2) is 5.30. The molecule has 7 nitrogen and oxygen atoms in total. The van der Waals surface area contributed by atoms with Gasteiger partial charge in [-0.2, -0.15) is 4.31 Å². The van der Waals surface area contributed by atoms with E-state index in [1.165, 1.54) is 12.5 Å². The number of sulfonamides is 1. The molecule has 0 bridgehead atoms. The summed E-state index contributed by atoms with van der Waals surface area (Å²) in [5, 5.41) is 9.06. The van der Waals surface area contributed by atoms with Gasteiger partial charge in [0.15, 0.2) is 5.03 Å². The maximum Gasteiger partial charge on any atom is 0.322 e. The zero-order chi connectivity index (χ0) is 14.0. The fourth-order valence-electron chi connectivity index (χ4n) is 2.21. The summed E-state index contributed by atoms with van der Waals surface area (Å²) in [5.41, 5.74) is 0. The highest BCUT2D eigenvalue weighted by Crippen LogP contribution is 2.24. The average molecular weight is 287 g/mol. The summed E-state index contributed by atoms with van der Waals surface area (Å²) in [7, 11) is -3.82. The minimum atomic E-state index is -3.82. The lowest BCUT2D eigenvalue weighted by molar-refractivity contribution is -0.142. The highest BCUT2D eigenvalue weighted by atomic mass is 32.2. The quantitative estimate of drug-likeness (QED) is 0.872. The lowest BCUT2D eigenvalue weighted by Gasteiger charge is -2.31. The SMILES string of the molecule is CCn1cnc(S(=O)(=O)N2CCCC[C@@H]2C(=O)O)c1. The van der Waals surface area contributed by atoms with Crippen molar-refractivity contribution in [2.45, 2.75) is 43.8 Å². The van der Waals surface area contributed by atoms with Gasteiger partial charge >= 0.3 is 5.97 Å². The van der Waals surface area contributed by atoms with Crippen LogP contribution in [0.25, 0.3) is 0 Å². The number of carboxylic acids is 1. The number of hydrogen-bond donors (Lipinski definition) is 1. The van der Waals surface area contributed by atoms with Crippen LogP contribution in [0.5, 0.6) is 0 Å². The first kappa shape index (κ1) is 14.0. The Morgan fingerprint density at radius 2 is 2.26 bits per heavy atom. The van der Waals surface area contributed by atoms with Crippen LogP contribution in [-0.4, -0.2) is 45.9 Å². The summed E-state index contributed by atoms with van der Waals surface area (Å²) >= 11 is 0. The number of rotatable bonds is 4. The van der Waals surface area contributed by atoms with Crippen molar-refractivity contribution in [3.63, 3.8) is 0 Å². The number of nitrogens with zero attached hydrogens (tertiary/aromatic N) is 3. The molecule has 1 atom stereocenters. The van der Waals surface area contributed by atoms with Crippen LogP contribution in [0, 0.1) is 0 Å². The van der Waals surface area contributed by atoms with Crippen molar-refractivity contribution < 1.29 is 18.3 Å². The monoisotopic (exact) mass is 287 g/mol. The second-order valence-electron chi connectivity index (χ2n) is 4.51. The Morgan fingerprint density at radius 1 is 1.53 bits per heavy atom. The highest BCUT2D eigenvalue weighted by molar-refractivity contribution is 7.89. The van der Waals surface area contributed by atoms with Gasteiger partial charge in [-0.3, -0.25) is 4.79 Å². The number of aromatic nitrogens is 2. The fraction of sp³-hybridized carbons (Fsp3) is 0.636. The average Bonchev–Trinajstić information content (AvgIpc) is 2.88. The van der Waals surface area contributed by atoms with Crippen LogP contribution in [-0.2, 0) is 21.4 Å². The van der Waals surface area contributed by atoms with E-state index in [2.05, 4.69) is 4.98 Å². The van der Waals surface area contributed by atoms with Gasteiger partial charge in [0.05, 0.1) is 6.33 Å². The Bertz CT molecular complexity index is 566. The van der Waals surface area contributed by atoms with Gasteiger partial charge in [-0.05, 0) is 26.2 Å². The summed E-state index contributed by atoms with van der Waals surface area (Å²) in [6, 6.07) is -0.981. The molecule has 1 saturated heterocycles. The van der Waals surface area contributed by atoms with Crippen molar-refractivity contribution in [1.82, 2.24) is 13.9 Å². The minimum Gasteiger partial charge on any atom is -0.480 e. The predicted octanol–water partition coefficient (Wildman–Crippen LogP) is 0.531. The summed E-state index contributed by atoms with van der Waals surface area (Å²) in [5.74, 6) is -1.10. The van der Waals surface area contributed by atoms with Crippen molar-refractivity contribution >= 4 is 16.0 Å². The van der Waals surface area contributed by atoms with E-state index in [9.17, 15) is 13.2 Å². The van der Waals surface area contributed by atoms with Gasteiger partial charge in [0.1, 0.15) is 6.04 Å². The van der Waals surface area contributed by atoms with Crippen molar-refractivity contribution in [2.24, 2.45) is 0 Å². The van der Waals surface area contributed by atoms with Crippen LogP contribution in [0.1, 0.15) is 26.2 Å². The zero-order valence-corrected chi connectivity index (χ0v) is 11.5. The molecule has 0 spiro atoms. The first-order valence-electron chi connectivity index (χ1n) is 6.23. The van der Waals surface area contributed by atoms with E-state index >= 15 is 0 Å². The molecule has 19 heavy (non-hydrogen) atoms. The van der Waals surface area contributed by atoms with Crippen molar-refractivity contribution in [2.75, 3.05) is 6.54 Å². The number of carbonyl (C=O) groups is 1. The maximum atomic E-state index is 12.4. The maximum absolute atomic E-state index is 12.4. The molecule has 1 N–H and O–H groups in total. The third-order valence-corrected chi connectivity index (χ3v) is 5.08. The normalized spacial score (nSPS) is 21.4. The Balaban J connectivity index is 2.34. The minimum absolute atomic E-state index is 0.0810. The molecular weight excluding hydrogens is 270 g/mol. The molecule has 1 aromatic heterocycles. The summed E-state index contributed by atoms with van der Waals surface area (Å²) < 4.78 is 27.5. The smallest absolute Gasteiger partial charge is 0.322 e. The highest BCUT2D eigenvalue weighted by Gasteiger charge is 2.38. The number of carboxylic acid groups (broad SMARTS) is 1. The number of aryl methyl sites for hydroxylation is 1. The molecule has 2 rings (SSSR count). The van der Waals surface area contributed by atoms with Crippen LogP contribution >= 0.6 is 0 Å². The van der Waals surface area contributed by atoms with Gasteiger partial charge in [0.2, 0.25) is 0 Å². The van der Waals surface area contributed by atoms with Crippen LogP contribution in [0.15, 0.2) is 17.6 Å². The third kappa shape index (κ3) is 2.64. The topological polar surface area (TPSA) is 92.5 Å². The van der Waals surface area contributed by atoms with Crippen molar-refractivity contribution in [3.8, 4) is 0 Å². The molecule has 0 saturated carbocycles. The van der Waals surface area contributed by atoms with Crippen molar-refractivity contribution in [3.05, 3.63) is 12.5 Å². The second-order valence-corrected chi connectivity index (χ2v) is 6.35. The van der Waals surface area contributed by atoms with Gasteiger partial charge in [-0.15, -0.1) is 0 Å². The van der Waals surface area contributed by atoms with Gasteiger partial charge < -0.3 is 9.67 Å². The molecule has 1 aromatic rings. The van der Waals surface area contributed by atoms with Crippen LogP contribution in [0.4, 0.5) is 0 Å². The van der Waals surface area contributed by atoms with E-state index in [1.54, 1.807) is 4.57 Å². The Labute approximate surface area is 111 Å². The van der Waals surface area contributed by atoms with Crippen molar-refractivity contribution in [1.29, 1.82) is 0 Å². The van der Waals surface area contributed by atoms with Gasteiger partial charge in [0.25, 0.3) is 10.0 Å². The molecule has 0 aromatic carbocycles. The van der Waals surface area contributed by atoms with E-state index in [0.29, 0.717) is 19.4 Å². The molecule has 2 heterocycles. The third-order valence-electron chi connectivity index (χ3n) is 3.29. The van der Waals surface area contributed by atoms with Gasteiger partial charge in [-0.25, -0.2) is 13.4 Å². The molecular formula is C11H17N3O4S. The van der Waals surface area contributed by atoms with E-state index in [0.717, 1.165) is 10.7 Å². The van der Waals surface area contributed by atoms with E-state index in [4.69, 9.17) is 5.11 Å². The lowest BCUT2D eigenvalue weighted by Crippen LogP contribution is -2.47. The molecule has 0 radical (unpaired) electrons. The Morgan fingerprint density at radius 3 is 2.84 bits per heavy atom. The van der Waals surface area contributed by atoms with E-state index < -0.39 is 22.0 Å². The molecule has 0 unspecified atom stereocenters. The molecule has 0 amide bonds. The van der Waals surface area contributed by atoms with E-state index in [-0.39, 0.29) is 11.6 Å². The Kier molecular flexibility index (Phi) is 3.91. The number of hydrogen-bond acceptors (Lipinski definition) is 4. The number of imidazole rings is 1. The summed E-state index contributed by atoms with van der Waals surface area (Å²) in [4.78, 5) is 15.0. The van der Waals surface area contributed by atoms with Crippen LogP contribution < -0.4 is 0 Å². The Hall–Kier alpha value is -1.41. The zero-order valence-electron chi connectivity index (χ0n) is 10.7. The molecule has 1 fully saturated rings. The largest absolute Gasteiger partial charge is 0.480 e. The predicted molar refractivity (Wildman–Crippen MR) is 67.1 cm³/mol. The summed E-state index contributed by atoms with van der Waals surface area (Å²) in [6.45, 7) is 2.72. The molecule has 8 heteroatoms. The lowest BCUT2D eigenvalue weighted by atomic mass is 10.1. The van der Waals surface area contributed by atoms with E-state index in [1.807, 2.05) is 6.92 Å². The molecule has 1 aliphatic rings. The number of piperidine rings is 1. The first-order chi connectivity index (χ1) is 8.96. The van der Waals surface area contributed by atoms with Gasteiger partial charge in [-0.1, -0.05) is 0 Å². The standard InChI is InChI=1S/C11H17N3O4S/c1-2-13-7-10(12-8-13)19(17,18)14-6-4-3-5-9(14)11(15)16/h7-9H,2-6H2,1H3,(H,15,16)/t9-/m1/s1. The molecule has 0 aliphatic carbocycles. The molecule has 1 aliphatic heterocycles. The number of aliphatic carboxylic acids is 1. The van der Waals surface area contributed by atoms with Crippen LogP contribution in [0.2, 0.25) is 0 Å². The fourth-order valence-corrected chi connectivity index (χ4v) is 3.79. The molecule has 106 valence electrons.